The number of benzene rings is 2. The first-order chi connectivity index (χ1) is 11.4. The lowest BCUT2D eigenvalue weighted by atomic mass is 9.95. The summed E-state index contributed by atoms with van der Waals surface area (Å²) in [5.74, 6) is -0.100. The quantitative estimate of drug-likeness (QED) is 0.800. The molecular weight excluding hydrogens is 319 g/mol. The Kier molecular flexibility index (Phi) is 4.13. The molecule has 3 nitrogen and oxygen atoms in total. The van der Waals surface area contributed by atoms with Crippen LogP contribution in [0.15, 0.2) is 42.5 Å². The predicted octanol–water partition coefficient (Wildman–Crippen LogP) is 3.85. The lowest BCUT2D eigenvalue weighted by Crippen LogP contribution is -2.36. The zero-order valence-corrected chi connectivity index (χ0v) is 12.6. The number of amides is 1. The van der Waals surface area contributed by atoms with E-state index in [9.17, 15) is 22.8 Å². The number of halogens is 3. The zero-order valence-electron chi connectivity index (χ0n) is 12.6. The maximum atomic E-state index is 12.6. The van der Waals surface area contributed by atoms with Gasteiger partial charge < -0.3 is 9.69 Å². The fourth-order valence-corrected chi connectivity index (χ4v) is 2.87. The zero-order chi connectivity index (χ0) is 17.3. The summed E-state index contributed by atoms with van der Waals surface area (Å²) in [7, 11) is 0. The minimum absolute atomic E-state index is 0.00542. The standard InChI is InChI=1S/C18H14F3NO2/c19-18(20,21)15-5-1-12(2-6-15)13-3-7-16-14(11-13)4-8-17(24)22(16)9-10-23/h1-3,5-7,10-11H,4,8-9H2. The average molecular weight is 333 g/mol. The van der Waals surface area contributed by atoms with E-state index in [2.05, 4.69) is 0 Å². The maximum Gasteiger partial charge on any atom is 0.416 e. The summed E-state index contributed by atoms with van der Waals surface area (Å²) in [4.78, 5) is 24.1. The SMILES string of the molecule is O=CCN1C(=O)CCc2cc(-c3ccc(C(F)(F)F)cc3)ccc21. The Morgan fingerprint density at radius 2 is 1.67 bits per heavy atom. The van der Waals surface area contributed by atoms with Crippen LogP contribution < -0.4 is 4.90 Å². The molecule has 0 N–H and O–H groups in total. The normalized spacial score (nSPS) is 14.5. The largest absolute Gasteiger partial charge is 0.416 e. The molecule has 0 saturated carbocycles. The molecule has 3 rings (SSSR count). The van der Waals surface area contributed by atoms with E-state index < -0.39 is 11.7 Å². The van der Waals surface area contributed by atoms with E-state index in [0.717, 1.165) is 23.3 Å². The molecule has 0 fully saturated rings. The monoisotopic (exact) mass is 333 g/mol. The summed E-state index contributed by atoms with van der Waals surface area (Å²) >= 11 is 0. The molecule has 0 saturated heterocycles. The lowest BCUT2D eigenvalue weighted by Gasteiger charge is -2.28. The third-order valence-electron chi connectivity index (χ3n) is 4.08. The Labute approximate surface area is 136 Å². The number of rotatable bonds is 3. The van der Waals surface area contributed by atoms with E-state index in [1.165, 1.54) is 17.0 Å². The summed E-state index contributed by atoms with van der Waals surface area (Å²) < 4.78 is 37.9. The number of aryl methyl sites for hydroxylation is 1. The lowest BCUT2D eigenvalue weighted by molar-refractivity contribution is -0.137. The van der Waals surface area contributed by atoms with E-state index in [-0.39, 0.29) is 12.5 Å². The highest BCUT2D eigenvalue weighted by Crippen LogP contribution is 2.34. The first-order valence-corrected chi connectivity index (χ1v) is 7.44. The second-order valence-corrected chi connectivity index (χ2v) is 5.59. The van der Waals surface area contributed by atoms with Crippen molar-refractivity contribution in [3.05, 3.63) is 53.6 Å². The first kappa shape index (κ1) is 16.2. The van der Waals surface area contributed by atoms with Gasteiger partial charge in [0.2, 0.25) is 5.91 Å². The van der Waals surface area contributed by atoms with E-state index >= 15 is 0 Å². The van der Waals surface area contributed by atoms with E-state index in [1.54, 1.807) is 12.1 Å². The van der Waals surface area contributed by atoms with Gasteiger partial charge in [0.1, 0.15) is 6.29 Å². The Morgan fingerprint density at radius 1 is 1.00 bits per heavy atom. The van der Waals surface area contributed by atoms with Gasteiger partial charge in [0.05, 0.1) is 12.1 Å². The van der Waals surface area contributed by atoms with Crippen LogP contribution in [0.3, 0.4) is 0 Å². The molecular formula is C18H14F3NO2. The summed E-state index contributed by atoms with van der Waals surface area (Å²) in [5.41, 5.74) is 2.36. The Bertz CT molecular complexity index is 782. The van der Waals surface area contributed by atoms with Gasteiger partial charge in [-0.2, -0.15) is 13.2 Å². The number of nitrogens with zero attached hydrogens (tertiary/aromatic N) is 1. The second-order valence-electron chi connectivity index (χ2n) is 5.59. The maximum absolute atomic E-state index is 12.6. The molecule has 0 bridgehead atoms. The van der Waals surface area contributed by atoms with E-state index in [0.29, 0.717) is 30.4 Å². The van der Waals surface area contributed by atoms with Crippen molar-refractivity contribution >= 4 is 17.9 Å². The molecule has 1 aliphatic rings. The van der Waals surface area contributed by atoms with Crippen LogP contribution in [0.2, 0.25) is 0 Å². The van der Waals surface area contributed by atoms with Crippen molar-refractivity contribution in [1.29, 1.82) is 0 Å². The predicted molar refractivity (Wildman–Crippen MR) is 83.6 cm³/mol. The van der Waals surface area contributed by atoms with Crippen LogP contribution in [-0.2, 0) is 22.2 Å². The molecule has 1 heterocycles. The van der Waals surface area contributed by atoms with Crippen molar-refractivity contribution in [1.82, 2.24) is 0 Å². The van der Waals surface area contributed by atoms with Gasteiger partial charge >= 0.3 is 6.18 Å². The summed E-state index contributed by atoms with van der Waals surface area (Å²) in [6.07, 6.45) is -2.81. The van der Waals surface area contributed by atoms with Crippen LogP contribution in [0.4, 0.5) is 18.9 Å². The van der Waals surface area contributed by atoms with E-state index in [4.69, 9.17) is 0 Å². The van der Waals surface area contributed by atoms with Gasteiger partial charge in [0.25, 0.3) is 0 Å². The number of hydrogen-bond acceptors (Lipinski definition) is 2. The van der Waals surface area contributed by atoms with Crippen molar-refractivity contribution in [3.63, 3.8) is 0 Å². The second kappa shape index (κ2) is 6.11. The van der Waals surface area contributed by atoms with Crippen LogP contribution >= 0.6 is 0 Å². The van der Waals surface area contributed by atoms with E-state index in [1.807, 2.05) is 6.07 Å². The summed E-state index contributed by atoms with van der Waals surface area (Å²) in [6, 6.07) is 10.3. The number of fused-ring (bicyclic) bond motifs is 1. The number of aldehydes is 1. The molecule has 124 valence electrons. The van der Waals surface area contributed by atoms with Gasteiger partial charge in [-0.05, 0) is 47.4 Å². The summed E-state index contributed by atoms with van der Waals surface area (Å²) in [6.45, 7) is 0.00542. The number of carbonyl (C=O) groups excluding carboxylic acids is 2. The minimum atomic E-state index is -4.36. The van der Waals surface area contributed by atoms with Crippen LogP contribution in [0.5, 0.6) is 0 Å². The summed E-state index contributed by atoms with van der Waals surface area (Å²) in [5, 5.41) is 0. The third kappa shape index (κ3) is 3.04. The highest BCUT2D eigenvalue weighted by molar-refractivity contribution is 5.99. The van der Waals surface area contributed by atoms with Crippen LogP contribution in [-0.4, -0.2) is 18.7 Å². The molecule has 24 heavy (non-hydrogen) atoms. The Hall–Kier alpha value is -2.63. The first-order valence-electron chi connectivity index (χ1n) is 7.44. The topological polar surface area (TPSA) is 37.4 Å². The molecule has 1 amide bonds. The fourth-order valence-electron chi connectivity index (χ4n) is 2.87. The molecule has 0 radical (unpaired) electrons. The Morgan fingerprint density at radius 3 is 2.29 bits per heavy atom. The molecule has 2 aromatic rings. The highest BCUT2D eigenvalue weighted by Gasteiger charge is 2.30. The number of alkyl halides is 3. The van der Waals surface area contributed by atoms with Gasteiger partial charge in [-0.1, -0.05) is 18.2 Å². The molecule has 0 unspecified atom stereocenters. The molecule has 2 aromatic carbocycles. The average Bonchev–Trinajstić information content (AvgIpc) is 2.56. The van der Waals surface area contributed by atoms with Crippen LogP contribution in [0.1, 0.15) is 17.5 Å². The molecule has 0 aliphatic carbocycles. The van der Waals surface area contributed by atoms with Crippen molar-refractivity contribution in [2.24, 2.45) is 0 Å². The van der Waals surface area contributed by atoms with Crippen molar-refractivity contribution in [2.75, 3.05) is 11.4 Å². The van der Waals surface area contributed by atoms with Gasteiger partial charge in [-0.25, -0.2) is 0 Å². The molecule has 1 aliphatic heterocycles. The van der Waals surface area contributed by atoms with Gasteiger partial charge in [-0.3, -0.25) is 4.79 Å². The minimum Gasteiger partial charge on any atom is -0.305 e. The molecule has 0 aromatic heterocycles. The van der Waals surface area contributed by atoms with Crippen molar-refractivity contribution < 1.29 is 22.8 Å². The molecule has 6 heteroatoms. The number of hydrogen-bond donors (Lipinski definition) is 0. The van der Waals surface area contributed by atoms with Crippen LogP contribution in [0, 0.1) is 0 Å². The van der Waals surface area contributed by atoms with Gasteiger partial charge in [-0.15, -0.1) is 0 Å². The van der Waals surface area contributed by atoms with Gasteiger partial charge in [0.15, 0.2) is 0 Å². The molecule has 0 spiro atoms. The van der Waals surface area contributed by atoms with Crippen molar-refractivity contribution in [3.8, 4) is 11.1 Å². The number of carbonyl (C=O) groups is 2. The highest BCUT2D eigenvalue weighted by atomic mass is 19.4. The fraction of sp³-hybridized carbons (Fsp3) is 0.222. The number of anilines is 1. The third-order valence-corrected chi connectivity index (χ3v) is 4.08. The van der Waals surface area contributed by atoms with Crippen molar-refractivity contribution in [2.45, 2.75) is 19.0 Å². The van der Waals surface area contributed by atoms with Crippen LogP contribution in [0.25, 0.3) is 11.1 Å². The van der Waals surface area contributed by atoms with Gasteiger partial charge in [0, 0.05) is 12.1 Å². The molecule has 0 atom stereocenters. The smallest absolute Gasteiger partial charge is 0.305 e. The Balaban J connectivity index is 1.94.